The van der Waals surface area contributed by atoms with E-state index in [0.29, 0.717) is 35.1 Å². The molecule has 0 aromatic carbocycles. The van der Waals surface area contributed by atoms with Crippen molar-refractivity contribution in [2.75, 3.05) is 24.5 Å². The monoisotopic (exact) mass is 372 g/mol. The van der Waals surface area contributed by atoms with Gasteiger partial charge in [0.1, 0.15) is 0 Å². The number of rotatable bonds is 8. The lowest BCUT2D eigenvalue weighted by molar-refractivity contribution is 0.0986. The first-order valence-corrected chi connectivity index (χ1v) is 9.87. The molecule has 2 amide bonds. The van der Waals surface area contributed by atoms with Gasteiger partial charge in [-0.25, -0.2) is 9.78 Å². The minimum Gasteiger partial charge on any atom is -0.323 e. The molecule has 0 saturated carbocycles. The van der Waals surface area contributed by atoms with Crippen LogP contribution in [0, 0.1) is 6.92 Å². The van der Waals surface area contributed by atoms with Gasteiger partial charge in [-0.3, -0.25) is 14.7 Å². The smallest absolute Gasteiger partial charge is 0.323 e. The largest absolute Gasteiger partial charge is 0.326 e. The Morgan fingerprint density at radius 1 is 1.35 bits per heavy atom. The summed E-state index contributed by atoms with van der Waals surface area (Å²) in [6, 6.07) is 3.85. The van der Waals surface area contributed by atoms with Crippen molar-refractivity contribution in [3.05, 3.63) is 40.7 Å². The van der Waals surface area contributed by atoms with E-state index < -0.39 is 0 Å². The van der Waals surface area contributed by atoms with Gasteiger partial charge in [-0.05, 0) is 31.4 Å². The van der Waals surface area contributed by atoms with Gasteiger partial charge in [-0.15, -0.1) is 0 Å². The van der Waals surface area contributed by atoms with E-state index in [2.05, 4.69) is 16.9 Å². The molecule has 0 N–H and O–H groups in total. The average Bonchev–Trinajstić information content (AvgIpc) is 3.21. The molecule has 0 spiro atoms. The first kappa shape index (κ1) is 18.5. The molecule has 1 aliphatic heterocycles. The van der Waals surface area contributed by atoms with Crippen LogP contribution in [0.5, 0.6) is 0 Å². The molecule has 1 fully saturated rings. The van der Waals surface area contributed by atoms with Gasteiger partial charge in [-0.1, -0.05) is 30.7 Å². The number of pyridine rings is 1. The number of nitrogens with zero attached hydrogens (tertiary/aromatic N) is 4. The number of aromatic nitrogens is 2. The molecule has 6 nitrogen and oxygen atoms in total. The highest BCUT2D eigenvalue weighted by atomic mass is 32.1. The lowest BCUT2D eigenvalue weighted by Gasteiger charge is -2.16. The second kappa shape index (κ2) is 8.40. The summed E-state index contributed by atoms with van der Waals surface area (Å²) >= 11 is 1.33. The topological polar surface area (TPSA) is 66.4 Å². The minimum atomic E-state index is 0.00144. The number of carbonyl (C=O) groups excluding carboxylic acids is 2. The molecule has 0 atom stereocenters. The van der Waals surface area contributed by atoms with E-state index in [4.69, 9.17) is 0 Å². The molecular weight excluding hydrogens is 348 g/mol. The van der Waals surface area contributed by atoms with Crippen LogP contribution >= 0.6 is 11.3 Å². The fourth-order valence-corrected chi connectivity index (χ4v) is 4.04. The predicted octanol–water partition coefficient (Wildman–Crippen LogP) is 3.70. The van der Waals surface area contributed by atoms with Crippen LogP contribution in [0.2, 0.25) is 0 Å². The van der Waals surface area contributed by atoms with Crippen LogP contribution in [-0.2, 0) is 6.42 Å². The summed E-state index contributed by atoms with van der Waals surface area (Å²) in [5, 5.41) is 0.635. The zero-order valence-corrected chi connectivity index (χ0v) is 16.1. The third-order valence-corrected chi connectivity index (χ3v) is 5.73. The van der Waals surface area contributed by atoms with Crippen LogP contribution in [0.25, 0.3) is 0 Å². The van der Waals surface area contributed by atoms with E-state index in [0.717, 1.165) is 31.5 Å². The second-order valence-corrected chi connectivity index (χ2v) is 7.45. The maximum atomic E-state index is 12.6. The van der Waals surface area contributed by atoms with Crippen molar-refractivity contribution in [1.82, 2.24) is 14.9 Å². The molecule has 7 heteroatoms. The Kier molecular flexibility index (Phi) is 5.98. The molecule has 0 unspecified atom stereocenters. The third kappa shape index (κ3) is 4.09. The number of hydrogen-bond acceptors (Lipinski definition) is 5. The molecular formula is C19H24N4O2S. The number of amides is 2. The Morgan fingerprint density at radius 3 is 2.92 bits per heavy atom. The van der Waals surface area contributed by atoms with E-state index >= 15 is 0 Å². The molecule has 2 aromatic rings. The Hall–Kier alpha value is -2.28. The summed E-state index contributed by atoms with van der Waals surface area (Å²) in [4.78, 5) is 37.9. The molecule has 0 bridgehead atoms. The molecule has 0 radical (unpaired) electrons. The van der Waals surface area contributed by atoms with Crippen LogP contribution in [-0.4, -0.2) is 46.3 Å². The summed E-state index contributed by atoms with van der Waals surface area (Å²) in [5.74, 6) is 0.0737. The van der Waals surface area contributed by atoms with E-state index in [1.165, 1.54) is 11.3 Å². The van der Waals surface area contributed by atoms with Crippen LogP contribution < -0.4 is 4.90 Å². The van der Waals surface area contributed by atoms with E-state index in [9.17, 15) is 9.59 Å². The molecule has 26 heavy (non-hydrogen) atoms. The first-order chi connectivity index (χ1) is 12.6. The van der Waals surface area contributed by atoms with Gasteiger partial charge in [-0.2, -0.15) is 0 Å². The van der Waals surface area contributed by atoms with Gasteiger partial charge < -0.3 is 4.90 Å². The number of thiazole rings is 1. The number of carbonyl (C=O) groups is 2. The Balaban J connectivity index is 1.65. The van der Waals surface area contributed by atoms with Crippen molar-refractivity contribution in [3.8, 4) is 0 Å². The predicted molar refractivity (Wildman–Crippen MR) is 103 cm³/mol. The third-order valence-electron chi connectivity index (χ3n) is 4.51. The maximum Gasteiger partial charge on any atom is 0.326 e. The Bertz CT molecular complexity index is 775. The zero-order valence-electron chi connectivity index (χ0n) is 15.3. The first-order valence-electron chi connectivity index (χ1n) is 9.06. The van der Waals surface area contributed by atoms with Crippen LogP contribution in [0.15, 0.2) is 24.5 Å². The number of urea groups is 1. The highest BCUT2D eigenvalue weighted by Gasteiger charge is 2.32. The highest BCUT2D eigenvalue weighted by Crippen LogP contribution is 2.30. The zero-order chi connectivity index (χ0) is 18.5. The fourth-order valence-electron chi connectivity index (χ4n) is 2.99. The molecule has 0 aliphatic carbocycles. The van der Waals surface area contributed by atoms with Crippen molar-refractivity contribution in [2.45, 2.75) is 39.5 Å². The van der Waals surface area contributed by atoms with Gasteiger partial charge in [0.05, 0.1) is 10.6 Å². The fraction of sp³-hybridized carbons (Fsp3) is 0.474. The second-order valence-electron chi connectivity index (χ2n) is 6.47. The SMILES string of the molecule is CCCCN1CCN(c2nc(C)c(C(=O)CCc3cccnc3)s2)C1=O. The van der Waals surface area contributed by atoms with Gasteiger partial charge >= 0.3 is 6.03 Å². The maximum absolute atomic E-state index is 12.6. The Morgan fingerprint density at radius 2 is 2.19 bits per heavy atom. The molecule has 2 aromatic heterocycles. The highest BCUT2D eigenvalue weighted by molar-refractivity contribution is 7.17. The van der Waals surface area contributed by atoms with Crippen molar-refractivity contribution >= 4 is 28.3 Å². The number of aryl methyl sites for hydroxylation is 2. The minimum absolute atomic E-state index is 0.00144. The van der Waals surface area contributed by atoms with Crippen LogP contribution in [0.4, 0.5) is 9.93 Å². The van der Waals surface area contributed by atoms with Gasteiger partial charge in [0.2, 0.25) is 0 Å². The quantitative estimate of drug-likeness (QED) is 0.663. The number of ketones is 1. The standard InChI is InChI=1S/C19H24N4O2S/c1-3-4-10-22-11-12-23(19(22)25)18-21-14(2)17(26-18)16(24)8-7-15-6-5-9-20-13-15/h5-6,9,13H,3-4,7-8,10-12H2,1-2H3. The summed E-state index contributed by atoms with van der Waals surface area (Å²) in [6.07, 6.45) is 6.66. The summed E-state index contributed by atoms with van der Waals surface area (Å²) < 4.78 is 0. The molecule has 3 rings (SSSR count). The van der Waals surface area contributed by atoms with Crippen LogP contribution in [0.1, 0.15) is 47.1 Å². The number of hydrogen-bond donors (Lipinski definition) is 0. The lowest BCUT2D eigenvalue weighted by atomic mass is 10.1. The summed E-state index contributed by atoms with van der Waals surface area (Å²) in [6.45, 7) is 6.10. The number of Topliss-reactive ketones (excluding diaryl/α,β-unsaturated/α-hetero) is 1. The van der Waals surface area contributed by atoms with Crippen molar-refractivity contribution in [2.24, 2.45) is 0 Å². The van der Waals surface area contributed by atoms with Gasteiger partial charge in [0.25, 0.3) is 0 Å². The molecule has 1 saturated heterocycles. The number of anilines is 1. The summed E-state index contributed by atoms with van der Waals surface area (Å²) in [7, 11) is 0. The van der Waals surface area contributed by atoms with Crippen molar-refractivity contribution < 1.29 is 9.59 Å². The molecule has 138 valence electrons. The Labute approximate surface area is 157 Å². The molecule has 1 aliphatic rings. The van der Waals surface area contributed by atoms with E-state index in [1.54, 1.807) is 17.3 Å². The number of unbranched alkanes of at least 4 members (excludes halogenated alkanes) is 1. The normalized spacial score (nSPS) is 14.3. The van der Waals surface area contributed by atoms with E-state index in [-0.39, 0.29) is 11.8 Å². The van der Waals surface area contributed by atoms with Gasteiger partial charge in [0, 0.05) is 38.4 Å². The van der Waals surface area contributed by atoms with Crippen molar-refractivity contribution in [1.29, 1.82) is 0 Å². The lowest BCUT2D eigenvalue weighted by Crippen LogP contribution is -2.32. The van der Waals surface area contributed by atoms with Crippen molar-refractivity contribution in [3.63, 3.8) is 0 Å². The average molecular weight is 372 g/mol. The summed E-state index contributed by atoms with van der Waals surface area (Å²) in [5.41, 5.74) is 1.76. The van der Waals surface area contributed by atoms with E-state index in [1.807, 2.05) is 24.0 Å². The van der Waals surface area contributed by atoms with Crippen LogP contribution in [0.3, 0.4) is 0 Å². The molecule has 3 heterocycles. The van der Waals surface area contributed by atoms with Gasteiger partial charge in [0.15, 0.2) is 10.9 Å².